The molecule has 1 fully saturated rings. The first-order valence-electron chi connectivity index (χ1n) is 6.08. The fraction of sp³-hybridized carbons (Fsp3) is 0.385. The molecule has 1 aliphatic rings. The van der Waals surface area contributed by atoms with Gasteiger partial charge in [-0.2, -0.15) is 0 Å². The van der Waals surface area contributed by atoms with Crippen molar-refractivity contribution in [1.29, 1.82) is 0 Å². The third-order valence-corrected chi connectivity index (χ3v) is 3.08. The molecular formula is C13H14FNO5. The minimum absolute atomic E-state index is 0.109. The van der Waals surface area contributed by atoms with E-state index < -0.39 is 23.7 Å². The molecule has 108 valence electrons. The van der Waals surface area contributed by atoms with Crippen LogP contribution in [0.4, 0.5) is 4.39 Å². The van der Waals surface area contributed by atoms with Gasteiger partial charge in [-0.1, -0.05) is 0 Å². The Balaban J connectivity index is 2.22. The molecule has 0 bridgehead atoms. The molecule has 1 aromatic carbocycles. The van der Waals surface area contributed by atoms with Crippen molar-refractivity contribution in [3.63, 3.8) is 0 Å². The van der Waals surface area contributed by atoms with Gasteiger partial charge in [0.1, 0.15) is 11.6 Å². The molecule has 2 N–H and O–H groups in total. The Bertz CT molecular complexity index is 533. The highest BCUT2D eigenvalue weighted by Gasteiger charge is 2.31. The zero-order valence-electron chi connectivity index (χ0n) is 10.6. The summed E-state index contributed by atoms with van der Waals surface area (Å²) < 4.78 is 18.8. The van der Waals surface area contributed by atoms with Gasteiger partial charge in [0.2, 0.25) is 0 Å². The lowest BCUT2D eigenvalue weighted by molar-refractivity contribution is -0.139. The number of carboxylic acid groups (broad SMARTS) is 1. The number of carbonyl (C=O) groups is 2. The predicted molar refractivity (Wildman–Crippen MR) is 66.0 cm³/mol. The van der Waals surface area contributed by atoms with Crippen molar-refractivity contribution >= 4 is 11.9 Å². The number of nitrogens with zero attached hydrogens (tertiary/aromatic N) is 1. The molecule has 2 rings (SSSR count). The van der Waals surface area contributed by atoms with E-state index in [1.165, 1.54) is 17.0 Å². The van der Waals surface area contributed by atoms with Gasteiger partial charge in [0, 0.05) is 12.6 Å². The molecule has 0 spiro atoms. The minimum Gasteiger partial charge on any atom is -0.508 e. The van der Waals surface area contributed by atoms with E-state index in [0.29, 0.717) is 0 Å². The van der Waals surface area contributed by atoms with Gasteiger partial charge >= 0.3 is 5.97 Å². The average Bonchev–Trinajstić information content (AvgIpc) is 2.38. The fourth-order valence-corrected chi connectivity index (χ4v) is 2.13. The quantitative estimate of drug-likeness (QED) is 0.858. The maximum atomic E-state index is 13.7. The van der Waals surface area contributed by atoms with Crippen molar-refractivity contribution < 1.29 is 28.9 Å². The minimum atomic E-state index is -1.05. The molecule has 1 saturated heterocycles. The number of aliphatic carboxylic acids is 1. The Hall–Kier alpha value is -2.15. The van der Waals surface area contributed by atoms with Crippen molar-refractivity contribution in [2.45, 2.75) is 12.5 Å². The van der Waals surface area contributed by atoms with E-state index in [0.717, 1.165) is 6.07 Å². The van der Waals surface area contributed by atoms with Gasteiger partial charge < -0.3 is 19.8 Å². The monoisotopic (exact) mass is 283 g/mol. The van der Waals surface area contributed by atoms with Crippen molar-refractivity contribution in [2.24, 2.45) is 0 Å². The molecule has 0 radical (unpaired) electrons. The lowest BCUT2D eigenvalue weighted by atomic mass is 10.1. The first-order chi connectivity index (χ1) is 9.49. The summed E-state index contributed by atoms with van der Waals surface area (Å²) in [5.74, 6) is -2.76. The van der Waals surface area contributed by atoms with E-state index in [4.69, 9.17) is 14.9 Å². The number of halogens is 1. The molecule has 20 heavy (non-hydrogen) atoms. The van der Waals surface area contributed by atoms with Crippen LogP contribution in [0.2, 0.25) is 0 Å². The summed E-state index contributed by atoms with van der Waals surface area (Å²) in [4.78, 5) is 24.4. The third-order valence-electron chi connectivity index (χ3n) is 3.08. The van der Waals surface area contributed by atoms with Crippen LogP contribution in [-0.4, -0.2) is 52.8 Å². The highest BCUT2D eigenvalue weighted by atomic mass is 19.1. The summed E-state index contributed by atoms with van der Waals surface area (Å²) in [6, 6.07) is 2.62. The van der Waals surface area contributed by atoms with Crippen molar-refractivity contribution in [3.05, 3.63) is 29.6 Å². The standard InChI is InChI=1S/C13H14FNO5/c14-11-6-9(16)1-2-10(11)13(19)15-3-4-20-7-8(15)5-12(17)18/h1-2,6,8,16H,3-5,7H2,(H,17,18). The van der Waals surface area contributed by atoms with E-state index >= 15 is 0 Å². The number of rotatable bonds is 3. The Kier molecular flexibility index (Phi) is 4.19. The lowest BCUT2D eigenvalue weighted by Gasteiger charge is -2.34. The van der Waals surface area contributed by atoms with Gasteiger partial charge in [0.15, 0.2) is 0 Å². The van der Waals surface area contributed by atoms with Crippen LogP contribution in [-0.2, 0) is 9.53 Å². The number of hydrogen-bond donors (Lipinski definition) is 2. The summed E-state index contributed by atoms with van der Waals surface area (Å²) in [6.45, 7) is 0.594. The molecule has 1 atom stereocenters. The van der Waals surface area contributed by atoms with Crippen LogP contribution in [0.3, 0.4) is 0 Å². The summed E-state index contributed by atoms with van der Waals surface area (Å²) in [6.07, 6.45) is -0.258. The van der Waals surface area contributed by atoms with E-state index in [9.17, 15) is 14.0 Å². The van der Waals surface area contributed by atoms with Gasteiger partial charge in [-0.05, 0) is 12.1 Å². The number of hydrogen-bond acceptors (Lipinski definition) is 4. The lowest BCUT2D eigenvalue weighted by Crippen LogP contribution is -2.49. The van der Waals surface area contributed by atoms with Crippen molar-refractivity contribution in [3.8, 4) is 5.75 Å². The van der Waals surface area contributed by atoms with Crippen LogP contribution >= 0.6 is 0 Å². The fourth-order valence-electron chi connectivity index (χ4n) is 2.13. The van der Waals surface area contributed by atoms with Crippen molar-refractivity contribution in [1.82, 2.24) is 4.90 Å². The van der Waals surface area contributed by atoms with E-state index in [1.807, 2.05) is 0 Å². The second-order valence-corrected chi connectivity index (χ2v) is 4.49. The van der Waals surface area contributed by atoms with Crippen LogP contribution in [0.15, 0.2) is 18.2 Å². The molecule has 0 saturated carbocycles. The number of morpholine rings is 1. The van der Waals surface area contributed by atoms with Crippen LogP contribution < -0.4 is 0 Å². The number of carboxylic acids is 1. The smallest absolute Gasteiger partial charge is 0.305 e. The molecule has 1 amide bonds. The topological polar surface area (TPSA) is 87.1 Å². The SMILES string of the molecule is O=C(O)CC1COCCN1C(=O)c1ccc(O)cc1F. The van der Waals surface area contributed by atoms with Crippen molar-refractivity contribution in [2.75, 3.05) is 19.8 Å². The highest BCUT2D eigenvalue weighted by Crippen LogP contribution is 2.20. The number of carbonyl (C=O) groups excluding carboxylic acids is 1. The maximum absolute atomic E-state index is 13.7. The number of ether oxygens (including phenoxy) is 1. The molecule has 1 unspecified atom stereocenters. The molecule has 0 aromatic heterocycles. The zero-order valence-corrected chi connectivity index (χ0v) is 10.6. The summed E-state index contributed by atoms with van der Waals surface area (Å²) in [5, 5.41) is 18.0. The average molecular weight is 283 g/mol. The van der Waals surface area contributed by atoms with Gasteiger partial charge in [-0.15, -0.1) is 0 Å². The van der Waals surface area contributed by atoms with Gasteiger partial charge in [0.05, 0.1) is 31.2 Å². The Labute approximate surface area is 114 Å². The Morgan fingerprint density at radius 1 is 1.45 bits per heavy atom. The molecule has 6 nitrogen and oxygen atoms in total. The summed E-state index contributed by atoms with van der Waals surface area (Å²) in [7, 11) is 0. The van der Waals surface area contributed by atoms with Gasteiger partial charge in [-0.25, -0.2) is 4.39 Å². The predicted octanol–water partition coefficient (Wildman–Crippen LogP) is 0.847. The Morgan fingerprint density at radius 3 is 2.85 bits per heavy atom. The normalized spacial score (nSPS) is 18.9. The largest absolute Gasteiger partial charge is 0.508 e. The number of benzene rings is 1. The van der Waals surface area contributed by atoms with E-state index in [2.05, 4.69) is 0 Å². The van der Waals surface area contributed by atoms with Gasteiger partial charge in [-0.3, -0.25) is 9.59 Å². The molecule has 1 heterocycles. The summed E-state index contributed by atoms with van der Waals surface area (Å²) in [5.41, 5.74) is -0.194. The van der Waals surface area contributed by atoms with E-state index in [-0.39, 0.29) is 37.5 Å². The third kappa shape index (κ3) is 3.05. The number of amides is 1. The number of phenolic OH excluding ortho intramolecular Hbond substituents is 1. The van der Waals surface area contributed by atoms with Crippen LogP contribution in [0.25, 0.3) is 0 Å². The zero-order chi connectivity index (χ0) is 14.7. The maximum Gasteiger partial charge on any atom is 0.305 e. The Morgan fingerprint density at radius 2 is 2.20 bits per heavy atom. The molecule has 0 aliphatic carbocycles. The second kappa shape index (κ2) is 5.87. The molecular weight excluding hydrogens is 269 g/mol. The molecule has 1 aromatic rings. The molecule has 1 aliphatic heterocycles. The van der Waals surface area contributed by atoms with Crippen LogP contribution in [0.1, 0.15) is 16.8 Å². The second-order valence-electron chi connectivity index (χ2n) is 4.49. The highest BCUT2D eigenvalue weighted by molar-refractivity contribution is 5.95. The number of aromatic hydroxyl groups is 1. The van der Waals surface area contributed by atoms with Gasteiger partial charge in [0.25, 0.3) is 5.91 Å². The summed E-state index contributed by atoms with van der Waals surface area (Å²) >= 11 is 0. The molecule has 7 heteroatoms. The van der Waals surface area contributed by atoms with E-state index in [1.54, 1.807) is 0 Å². The van der Waals surface area contributed by atoms with Crippen LogP contribution in [0.5, 0.6) is 5.75 Å². The first kappa shape index (κ1) is 14.3. The first-order valence-corrected chi connectivity index (χ1v) is 6.08. The number of phenols is 1. The van der Waals surface area contributed by atoms with Crippen LogP contribution in [0, 0.1) is 5.82 Å².